The fourth-order valence-electron chi connectivity index (χ4n) is 6.84. The average molecular weight is 664 g/mol. The summed E-state index contributed by atoms with van der Waals surface area (Å²) >= 11 is 0. The maximum absolute atomic E-state index is 2.68. The standard InChI is InChI=1S/C43H60PSi2/c1-28(2)34-24-38(30(5)6)42(39(25-34)31(7)8)45(43-40(32(9)10)26-35(29(3)4)27-41(43)33(11)12)44-46(13,36-20-16-14-17-21-36)37-22-18-15-19-23-37/h14-33,44H,1-13H3. The van der Waals surface area contributed by atoms with E-state index in [1.807, 2.05) is 0 Å². The highest BCUT2D eigenvalue weighted by Crippen LogP contribution is 2.38. The molecule has 0 aromatic heterocycles. The maximum Gasteiger partial charge on any atom is 0.145 e. The van der Waals surface area contributed by atoms with Gasteiger partial charge in [-0.15, -0.1) is 7.68 Å². The summed E-state index contributed by atoms with van der Waals surface area (Å²) in [5.74, 6) is 2.90. The van der Waals surface area contributed by atoms with E-state index in [1.54, 1.807) is 43.0 Å². The Morgan fingerprint density at radius 3 is 0.957 bits per heavy atom. The van der Waals surface area contributed by atoms with Gasteiger partial charge in [0.25, 0.3) is 0 Å². The minimum absolute atomic E-state index is 0.470. The molecule has 0 saturated carbocycles. The van der Waals surface area contributed by atoms with Gasteiger partial charge < -0.3 is 0 Å². The lowest BCUT2D eigenvalue weighted by Crippen LogP contribution is -2.58. The second-order valence-electron chi connectivity index (χ2n) is 15.4. The fraction of sp³-hybridized carbons (Fsp3) is 0.442. The van der Waals surface area contributed by atoms with Crippen molar-refractivity contribution in [2.24, 2.45) is 0 Å². The summed E-state index contributed by atoms with van der Waals surface area (Å²) in [6.45, 7) is 31.7. The normalized spacial score (nSPS) is 12.9. The third kappa shape index (κ3) is 7.72. The van der Waals surface area contributed by atoms with E-state index in [0.717, 1.165) is 7.68 Å². The number of hydrogen-bond acceptors (Lipinski definition) is 0. The van der Waals surface area contributed by atoms with Gasteiger partial charge in [0, 0.05) is 0 Å². The summed E-state index contributed by atoms with van der Waals surface area (Å²) in [5, 5.41) is 6.58. The quantitative estimate of drug-likeness (QED) is 0.105. The van der Waals surface area contributed by atoms with Crippen LogP contribution in [0.1, 0.15) is 152 Å². The maximum atomic E-state index is 2.68. The summed E-state index contributed by atoms with van der Waals surface area (Å²) in [5.41, 5.74) is 9.40. The van der Waals surface area contributed by atoms with Gasteiger partial charge in [0.2, 0.25) is 0 Å². The molecule has 4 aromatic rings. The Morgan fingerprint density at radius 1 is 0.435 bits per heavy atom. The summed E-state index contributed by atoms with van der Waals surface area (Å²) < 4.78 is 0. The zero-order valence-electron chi connectivity index (χ0n) is 31.0. The minimum Gasteiger partial charge on any atom is -0.127 e. The number of hydrogen-bond donors (Lipinski definition) is 0. The molecule has 4 aromatic carbocycles. The Hall–Kier alpha value is -2.26. The molecule has 1 unspecified atom stereocenters. The highest BCUT2D eigenvalue weighted by molar-refractivity contribution is 8.09. The molecule has 0 nitrogen and oxygen atoms in total. The molecule has 0 saturated heterocycles. The van der Waals surface area contributed by atoms with E-state index < -0.39 is 16.2 Å². The van der Waals surface area contributed by atoms with Gasteiger partial charge in [0.15, 0.2) is 0 Å². The van der Waals surface area contributed by atoms with E-state index in [0.29, 0.717) is 35.5 Å². The molecule has 245 valence electrons. The molecule has 0 heterocycles. The Balaban J connectivity index is 2.22. The molecule has 0 aliphatic rings. The van der Waals surface area contributed by atoms with Gasteiger partial charge in [0.1, 0.15) is 16.2 Å². The van der Waals surface area contributed by atoms with Gasteiger partial charge in [0.05, 0.1) is 0 Å². The Morgan fingerprint density at radius 2 is 0.717 bits per heavy atom. The van der Waals surface area contributed by atoms with E-state index in [4.69, 9.17) is 0 Å². The van der Waals surface area contributed by atoms with E-state index in [2.05, 4.69) is 175 Å². The molecular weight excluding hydrogens is 604 g/mol. The van der Waals surface area contributed by atoms with E-state index in [-0.39, 0.29) is 0 Å². The first-order valence-electron chi connectivity index (χ1n) is 17.8. The van der Waals surface area contributed by atoms with Gasteiger partial charge in [-0.25, -0.2) is 0 Å². The highest BCUT2D eigenvalue weighted by atomic mass is 31.6. The lowest BCUT2D eigenvalue weighted by molar-refractivity contribution is 0.810. The number of benzene rings is 4. The summed E-state index contributed by atoms with van der Waals surface area (Å²) in [4.78, 5) is 0. The Bertz CT molecular complexity index is 1410. The van der Waals surface area contributed by atoms with Gasteiger partial charge in [-0.05, 0) is 79.3 Å². The SMILES string of the molecule is CC(C)c1cc(C(C)C)c([Si](P[Si](C)(c2ccccc2)c2ccccc2)c2c(C(C)C)cc(C(C)C)cc2C(C)C)c(C(C)C)c1. The molecule has 0 bridgehead atoms. The lowest BCUT2D eigenvalue weighted by atomic mass is 9.89. The largest absolute Gasteiger partial charge is 0.145 e. The summed E-state index contributed by atoms with van der Waals surface area (Å²) in [6.07, 6.45) is 0. The predicted molar refractivity (Wildman–Crippen MR) is 215 cm³/mol. The number of rotatable bonds is 12. The van der Waals surface area contributed by atoms with Crippen LogP contribution in [0.5, 0.6) is 0 Å². The van der Waals surface area contributed by atoms with Crippen LogP contribution < -0.4 is 20.7 Å². The van der Waals surface area contributed by atoms with Gasteiger partial charge in [-0.3, -0.25) is 0 Å². The van der Waals surface area contributed by atoms with E-state index in [9.17, 15) is 0 Å². The molecule has 46 heavy (non-hydrogen) atoms. The highest BCUT2D eigenvalue weighted by Gasteiger charge is 2.40. The van der Waals surface area contributed by atoms with Crippen molar-refractivity contribution in [1.82, 2.24) is 0 Å². The molecule has 0 N–H and O–H groups in total. The first-order valence-corrected chi connectivity index (χ1v) is 24.8. The van der Waals surface area contributed by atoms with Gasteiger partial charge in [-0.1, -0.05) is 185 Å². The van der Waals surface area contributed by atoms with Crippen LogP contribution in [-0.4, -0.2) is 16.2 Å². The van der Waals surface area contributed by atoms with Crippen molar-refractivity contribution in [2.75, 3.05) is 0 Å². The first kappa shape index (κ1) is 36.6. The minimum atomic E-state index is -2.16. The van der Waals surface area contributed by atoms with Crippen molar-refractivity contribution in [3.05, 3.63) is 118 Å². The van der Waals surface area contributed by atoms with Crippen LogP contribution >= 0.6 is 7.68 Å². The van der Waals surface area contributed by atoms with Crippen LogP contribution in [0.25, 0.3) is 0 Å². The molecule has 0 aliphatic heterocycles. The first-order chi connectivity index (χ1) is 21.7. The van der Waals surface area contributed by atoms with Gasteiger partial charge >= 0.3 is 0 Å². The topological polar surface area (TPSA) is 0 Å². The summed E-state index contributed by atoms with van der Waals surface area (Å²) in [7, 11) is -2.54. The second kappa shape index (κ2) is 15.3. The molecular formula is C43H60PSi2. The monoisotopic (exact) mass is 663 g/mol. The van der Waals surface area contributed by atoms with Crippen LogP contribution in [0.2, 0.25) is 6.55 Å². The van der Waals surface area contributed by atoms with Crippen molar-refractivity contribution < 1.29 is 0 Å². The molecule has 1 radical (unpaired) electrons. The van der Waals surface area contributed by atoms with Crippen LogP contribution in [-0.2, 0) is 0 Å². The van der Waals surface area contributed by atoms with Crippen LogP contribution in [0, 0.1) is 0 Å². The molecule has 0 amide bonds. The zero-order chi connectivity index (χ0) is 33.9. The fourth-order valence-corrected chi connectivity index (χ4v) is 28.0. The lowest BCUT2D eigenvalue weighted by Gasteiger charge is -2.38. The third-order valence-electron chi connectivity index (χ3n) is 9.84. The average Bonchev–Trinajstić information content (AvgIpc) is 3.02. The molecule has 0 spiro atoms. The Labute approximate surface area is 287 Å². The van der Waals surface area contributed by atoms with E-state index >= 15 is 0 Å². The Kier molecular flexibility index (Phi) is 12.2. The molecule has 1 atom stereocenters. The second-order valence-corrected chi connectivity index (χ2v) is 28.3. The van der Waals surface area contributed by atoms with Crippen LogP contribution in [0.4, 0.5) is 0 Å². The molecule has 4 rings (SSSR count). The van der Waals surface area contributed by atoms with Crippen molar-refractivity contribution in [1.29, 1.82) is 0 Å². The summed E-state index contributed by atoms with van der Waals surface area (Å²) in [6, 6.07) is 33.7. The van der Waals surface area contributed by atoms with Crippen molar-refractivity contribution in [2.45, 2.75) is 125 Å². The predicted octanol–water partition coefficient (Wildman–Crippen LogP) is 10.6. The third-order valence-corrected chi connectivity index (χ3v) is 28.0. The van der Waals surface area contributed by atoms with Crippen molar-refractivity contribution in [3.8, 4) is 0 Å². The molecule has 0 aliphatic carbocycles. The molecule has 0 fully saturated rings. The van der Waals surface area contributed by atoms with E-state index in [1.165, 1.54) is 11.1 Å². The van der Waals surface area contributed by atoms with Crippen LogP contribution in [0.15, 0.2) is 84.9 Å². The van der Waals surface area contributed by atoms with Crippen molar-refractivity contribution in [3.63, 3.8) is 0 Å². The van der Waals surface area contributed by atoms with Crippen molar-refractivity contribution >= 4 is 44.6 Å². The van der Waals surface area contributed by atoms with Gasteiger partial charge in [-0.2, -0.15) is 0 Å². The smallest absolute Gasteiger partial charge is 0.127 e. The van der Waals surface area contributed by atoms with Crippen LogP contribution in [0.3, 0.4) is 0 Å². The zero-order valence-corrected chi connectivity index (χ0v) is 34.0. The molecule has 3 heteroatoms.